The molecule has 0 amide bonds. The predicted octanol–water partition coefficient (Wildman–Crippen LogP) is 4.12. The highest BCUT2D eigenvalue weighted by molar-refractivity contribution is 9.10. The van der Waals surface area contributed by atoms with Crippen LogP contribution in [0.25, 0.3) is 0 Å². The van der Waals surface area contributed by atoms with Gasteiger partial charge in [0.25, 0.3) is 0 Å². The fraction of sp³-hybridized carbons (Fsp3) is 0.143. The minimum Gasteiger partial charge on any atom is -0.439 e. The van der Waals surface area contributed by atoms with Crippen molar-refractivity contribution in [1.29, 1.82) is 5.26 Å². The monoisotopic (exact) mass is 302 g/mol. The van der Waals surface area contributed by atoms with Crippen LogP contribution in [0.1, 0.15) is 16.7 Å². The van der Waals surface area contributed by atoms with Gasteiger partial charge in [-0.3, -0.25) is 0 Å². The second-order valence-corrected chi connectivity index (χ2v) is 4.82. The lowest BCUT2D eigenvalue weighted by Gasteiger charge is -2.09. The van der Waals surface area contributed by atoms with Crippen LogP contribution in [0.15, 0.2) is 34.9 Å². The minimum absolute atomic E-state index is 0.479. The first kappa shape index (κ1) is 12.6. The van der Waals surface area contributed by atoms with E-state index < -0.39 is 0 Å². The number of pyridine rings is 1. The van der Waals surface area contributed by atoms with Gasteiger partial charge in [0.05, 0.1) is 5.56 Å². The third-order valence-corrected chi connectivity index (χ3v) is 3.39. The number of nitriles is 1. The van der Waals surface area contributed by atoms with E-state index in [0.717, 1.165) is 21.3 Å². The van der Waals surface area contributed by atoms with Gasteiger partial charge in [0.15, 0.2) is 0 Å². The molecule has 0 N–H and O–H groups in total. The summed E-state index contributed by atoms with van der Waals surface area (Å²) in [4.78, 5) is 4.08. The molecule has 0 saturated carbocycles. The summed E-state index contributed by atoms with van der Waals surface area (Å²) in [5, 5.41) is 8.69. The molecule has 0 spiro atoms. The van der Waals surface area contributed by atoms with Gasteiger partial charge in [-0.1, -0.05) is 22.0 Å². The van der Waals surface area contributed by atoms with Crippen LogP contribution in [-0.4, -0.2) is 4.98 Å². The molecule has 0 saturated heterocycles. The van der Waals surface area contributed by atoms with Crippen LogP contribution in [0.5, 0.6) is 11.6 Å². The fourth-order valence-electron chi connectivity index (χ4n) is 1.54. The van der Waals surface area contributed by atoms with Crippen molar-refractivity contribution in [3.8, 4) is 17.7 Å². The highest BCUT2D eigenvalue weighted by Gasteiger charge is 2.06. The van der Waals surface area contributed by atoms with Crippen LogP contribution in [0.2, 0.25) is 0 Å². The summed E-state index contributed by atoms with van der Waals surface area (Å²) in [6, 6.07) is 9.35. The van der Waals surface area contributed by atoms with Gasteiger partial charge in [0.1, 0.15) is 11.8 Å². The van der Waals surface area contributed by atoms with Crippen molar-refractivity contribution in [2.45, 2.75) is 13.8 Å². The number of halogens is 1. The van der Waals surface area contributed by atoms with E-state index in [9.17, 15) is 0 Å². The molecule has 0 aliphatic heterocycles. The zero-order valence-corrected chi connectivity index (χ0v) is 11.7. The van der Waals surface area contributed by atoms with Crippen LogP contribution in [-0.2, 0) is 0 Å². The Morgan fingerprint density at radius 3 is 2.61 bits per heavy atom. The van der Waals surface area contributed by atoms with Gasteiger partial charge in [-0.25, -0.2) is 4.98 Å². The quantitative estimate of drug-likeness (QED) is 0.838. The molecular formula is C14H11BrN2O. The molecule has 0 fully saturated rings. The molecule has 0 atom stereocenters. The van der Waals surface area contributed by atoms with Gasteiger partial charge in [0, 0.05) is 16.7 Å². The third-order valence-electron chi connectivity index (χ3n) is 2.54. The molecule has 90 valence electrons. The summed E-state index contributed by atoms with van der Waals surface area (Å²) < 4.78 is 6.69. The Hall–Kier alpha value is -1.86. The van der Waals surface area contributed by atoms with Crippen molar-refractivity contribution in [3.63, 3.8) is 0 Å². The number of aryl methyl sites for hydroxylation is 2. The maximum Gasteiger partial charge on any atom is 0.219 e. The lowest BCUT2D eigenvalue weighted by molar-refractivity contribution is 0.459. The Morgan fingerprint density at radius 2 is 2.00 bits per heavy atom. The molecule has 3 nitrogen and oxygen atoms in total. The van der Waals surface area contributed by atoms with Crippen molar-refractivity contribution in [2.24, 2.45) is 0 Å². The second kappa shape index (κ2) is 5.19. The summed E-state index contributed by atoms with van der Waals surface area (Å²) in [7, 11) is 0. The Bertz CT molecular complexity index is 615. The minimum atomic E-state index is 0.479. The van der Waals surface area contributed by atoms with Crippen LogP contribution in [0.3, 0.4) is 0 Å². The van der Waals surface area contributed by atoms with Gasteiger partial charge in [-0.15, -0.1) is 0 Å². The molecule has 18 heavy (non-hydrogen) atoms. The van der Waals surface area contributed by atoms with E-state index in [1.54, 1.807) is 12.1 Å². The third kappa shape index (κ3) is 2.69. The largest absolute Gasteiger partial charge is 0.439 e. The number of benzene rings is 1. The maximum absolute atomic E-state index is 8.69. The van der Waals surface area contributed by atoms with Crippen molar-refractivity contribution in [1.82, 2.24) is 4.98 Å². The van der Waals surface area contributed by atoms with E-state index in [0.29, 0.717) is 11.4 Å². The first-order valence-corrected chi connectivity index (χ1v) is 6.20. The molecule has 1 aromatic heterocycles. The van der Waals surface area contributed by atoms with Crippen LogP contribution < -0.4 is 4.74 Å². The van der Waals surface area contributed by atoms with Crippen molar-refractivity contribution in [2.75, 3.05) is 0 Å². The first-order valence-electron chi connectivity index (χ1n) is 5.41. The molecular weight excluding hydrogens is 292 g/mol. The van der Waals surface area contributed by atoms with Gasteiger partial charge in [0.2, 0.25) is 5.88 Å². The molecule has 1 heterocycles. The summed E-state index contributed by atoms with van der Waals surface area (Å²) in [6.07, 6.45) is 1.49. The van der Waals surface area contributed by atoms with E-state index in [4.69, 9.17) is 10.00 Å². The average Bonchev–Trinajstić information content (AvgIpc) is 2.37. The highest BCUT2D eigenvalue weighted by Crippen LogP contribution is 2.29. The van der Waals surface area contributed by atoms with E-state index in [2.05, 4.69) is 20.9 Å². The number of hydrogen-bond donors (Lipinski definition) is 0. The van der Waals surface area contributed by atoms with E-state index in [1.807, 2.05) is 32.0 Å². The summed E-state index contributed by atoms with van der Waals surface area (Å²) in [6.45, 7) is 4.01. The van der Waals surface area contributed by atoms with Gasteiger partial charge in [-0.2, -0.15) is 5.26 Å². The maximum atomic E-state index is 8.69. The van der Waals surface area contributed by atoms with Gasteiger partial charge in [-0.05, 0) is 37.1 Å². The van der Waals surface area contributed by atoms with Gasteiger partial charge < -0.3 is 4.74 Å². The van der Waals surface area contributed by atoms with Crippen molar-refractivity contribution in [3.05, 3.63) is 51.6 Å². The normalized spacial score (nSPS) is 9.89. The number of aromatic nitrogens is 1. The Labute approximate surface area is 114 Å². The number of rotatable bonds is 2. The van der Waals surface area contributed by atoms with E-state index >= 15 is 0 Å². The molecule has 4 heteroatoms. The summed E-state index contributed by atoms with van der Waals surface area (Å²) in [5.41, 5.74) is 2.72. The van der Waals surface area contributed by atoms with Gasteiger partial charge >= 0.3 is 0 Å². The lowest BCUT2D eigenvalue weighted by atomic mass is 10.1. The highest BCUT2D eigenvalue weighted by atomic mass is 79.9. The zero-order chi connectivity index (χ0) is 13.1. The van der Waals surface area contributed by atoms with Crippen molar-refractivity contribution < 1.29 is 4.74 Å². The molecule has 2 rings (SSSR count). The summed E-state index contributed by atoms with van der Waals surface area (Å²) >= 11 is 3.47. The predicted molar refractivity (Wildman–Crippen MR) is 72.6 cm³/mol. The summed E-state index contributed by atoms with van der Waals surface area (Å²) in [5.74, 6) is 1.23. The first-order chi connectivity index (χ1) is 8.60. The standard InChI is InChI=1S/C14H11BrN2O/c1-9-5-10(2)13(6-12(9)15)18-14-4-3-11(7-16)8-17-14/h3-6,8H,1-2H3. The van der Waals surface area contributed by atoms with E-state index in [1.165, 1.54) is 6.20 Å². The molecule has 2 aromatic rings. The molecule has 0 aliphatic carbocycles. The van der Waals surface area contributed by atoms with Crippen LogP contribution >= 0.6 is 15.9 Å². The average molecular weight is 303 g/mol. The molecule has 1 aromatic carbocycles. The molecule has 0 bridgehead atoms. The number of ether oxygens (including phenoxy) is 1. The Balaban J connectivity index is 2.28. The topological polar surface area (TPSA) is 45.9 Å². The Morgan fingerprint density at radius 1 is 1.22 bits per heavy atom. The molecule has 0 unspecified atom stereocenters. The smallest absolute Gasteiger partial charge is 0.219 e. The van der Waals surface area contributed by atoms with Crippen LogP contribution in [0, 0.1) is 25.2 Å². The molecule has 0 aliphatic rings. The fourth-order valence-corrected chi connectivity index (χ4v) is 1.86. The van der Waals surface area contributed by atoms with E-state index in [-0.39, 0.29) is 0 Å². The van der Waals surface area contributed by atoms with Crippen LogP contribution in [0.4, 0.5) is 0 Å². The lowest BCUT2D eigenvalue weighted by Crippen LogP contribution is -1.92. The second-order valence-electron chi connectivity index (χ2n) is 3.97. The zero-order valence-electron chi connectivity index (χ0n) is 10.1. The SMILES string of the molecule is Cc1cc(C)c(Oc2ccc(C#N)cn2)cc1Br. The Kier molecular flexibility index (Phi) is 3.63. The number of nitrogens with zero attached hydrogens (tertiary/aromatic N) is 2. The number of hydrogen-bond acceptors (Lipinski definition) is 3. The molecule has 0 radical (unpaired) electrons. The van der Waals surface area contributed by atoms with Crippen molar-refractivity contribution >= 4 is 15.9 Å².